The van der Waals surface area contributed by atoms with Crippen LogP contribution in [0.1, 0.15) is 11.3 Å². The predicted molar refractivity (Wildman–Crippen MR) is 75.1 cm³/mol. The number of aromatic nitrogens is 1. The minimum Gasteiger partial charge on any atom is -0.351 e. The molecule has 0 saturated heterocycles. The molecule has 1 amide bonds. The van der Waals surface area contributed by atoms with E-state index < -0.39 is 18.5 Å². The second-order valence-electron chi connectivity index (χ2n) is 4.21. The molecule has 2 rings (SSSR count). The number of rotatable bonds is 4. The highest BCUT2D eigenvalue weighted by Crippen LogP contribution is 2.26. The molecular weight excluding hydrogens is 325 g/mol. The van der Waals surface area contributed by atoms with Crippen molar-refractivity contribution in [1.82, 2.24) is 10.3 Å². The maximum absolute atomic E-state index is 12.0. The van der Waals surface area contributed by atoms with Gasteiger partial charge in [0.15, 0.2) is 0 Å². The molecule has 0 bridgehead atoms. The van der Waals surface area contributed by atoms with Crippen LogP contribution in [0.2, 0.25) is 5.02 Å². The van der Waals surface area contributed by atoms with Gasteiger partial charge < -0.3 is 5.32 Å². The maximum atomic E-state index is 12.0. The largest absolute Gasteiger partial charge is 0.397 e. The van der Waals surface area contributed by atoms with Gasteiger partial charge in [-0.2, -0.15) is 13.2 Å². The highest BCUT2D eigenvalue weighted by atomic mass is 35.5. The van der Waals surface area contributed by atoms with E-state index in [-0.39, 0.29) is 6.54 Å². The van der Waals surface area contributed by atoms with E-state index in [1.54, 1.807) is 24.3 Å². The quantitative estimate of drug-likeness (QED) is 0.917. The molecule has 0 atom stereocenters. The highest BCUT2D eigenvalue weighted by Gasteiger charge is 2.30. The van der Waals surface area contributed by atoms with Crippen molar-refractivity contribution in [2.75, 3.05) is 0 Å². The molecule has 0 fully saturated rings. The Morgan fingerprint density at radius 1 is 1.29 bits per heavy atom. The van der Waals surface area contributed by atoms with Crippen LogP contribution in [0.5, 0.6) is 0 Å². The van der Waals surface area contributed by atoms with Gasteiger partial charge in [0.25, 0.3) is 0 Å². The molecule has 0 spiro atoms. The van der Waals surface area contributed by atoms with Gasteiger partial charge in [0, 0.05) is 21.7 Å². The van der Waals surface area contributed by atoms with Gasteiger partial charge in [0.1, 0.15) is 11.4 Å². The first-order valence-corrected chi connectivity index (χ1v) is 7.07. The van der Waals surface area contributed by atoms with Crippen LogP contribution in [0, 0.1) is 0 Å². The zero-order valence-corrected chi connectivity index (χ0v) is 12.1. The SMILES string of the molecule is O=C(CC(F)(F)F)NCc1cnc(-c2ccc(Cl)cc2)s1. The van der Waals surface area contributed by atoms with Gasteiger partial charge in [-0.3, -0.25) is 4.79 Å². The molecule has 3 nitrogen and oxygen atoms in total. The van der Waals surface area contributed by atoms with E-state index in [9.17, 15) is 18.0 Å². The Bertz CT molecular complexity index is 625. The van der Waals surface area contributed by atoms with E-state index in [1.165, 1.54) is 17.5 Å². The zero-order chi connectivity index (χ0) is 15.5. The van der Waals surface area contributed by atoms with E-state index in [4.69, 9.17) is 11.6 Å². The molecule has 112 valence electrons. The molecule has 21 heavy (non-hydrogen) atoms. The van der Waals surface area contributed by atoms with Gasteiger partial charge in [0.2, 0.25) is 5.91 Å². The number of nitrogens with zero attached hydrogens (tertiary/aromatic N) is 1. The molecule has 0 aliphatic rings. The van der Waals surface area contributed by atoms with Crippen LogP contribution in [0.4, 0.5) is 13.2 Å². The third-order valence-corrected chi connectivity index (χ3v) is 3.76. The van der Waals surface area contributed by atoms with Gasteiger partial charge in [-0.15, -0.1) is 11.3 Å². The molecule has 2 aromatic rings. The number of halogens is 4. The first-order chi connectivity index (χ1) is 9.83. The lowest BCUT2D eigenvalue weighted by Crippen LogP contribution is -2.27. The van der Waals surface area contributed by atoms with Crippen molar-refractivity contribution in [2.45, 2.75) is 19.1 Å². The zero-order valence-electron chi connectivity index (χ0n) is 10.6. The van der Waals surface area contributed by atoms with E-state index in [0.29, 0.717) is 14.9 Å². The fraction of sp³-hybridized carbons (Fsp3) is 0.231. The van der Waals surface area contributed by atoms with Crippen molar-refractivity contribution in [3.63, 3.8) is 0 Å². The fourth-order valence-corrected chi connectivity index (χ4v) is 2.53. The summed E-state index contributed by atoms with van der Waals surface area (Å²) in [6, 6.07) is 7.05. The minimum absolute atomic E-state index is 0.0279. The topological polar surface area (TPSA) is 42.0 Å². The summed E-state index contributed by atoms with van der Waals surface area (Å²) < 4.78 is 36.0. The number of carbonyl (C=O) groups is 1. The molecule has 1 N–H and O–H groups in total. The summed E-state index contributed by atoms with van der Waals surface area (Å²) in [5.41, 5.74) is 0.859. The minimum atomic E-state index is -4.49. The lowest BCUT2D eigenvalue weighted by atomic mass is 10.2. The first-order valence-electron chi connectivity index (χ1n) is 5.87. The van der Waals surface area contributed by atoms with Crippen LogP contribution in [-0.4, -0.2) is 17.1 Å². The van der Waals surface area contributed by atoms with Crippen molar-refractivity contribution in [3.05, 3.63) is 40.4 Å². The van der Waals surface area contributed by atoms with Crippen LogP contribution >= 0.6 is 22.9 Å². The van der Waals surface area contributed by atoms with Crippen molar-refractivity contribution < 1.29 is 18.0 Å². The Balaban J connectivity index is 1.94. The van der Waals surface area contributed by atoms with Gasteiger partial charge in [-0.1, -0.05) is 23.7 Å². The average molecular weight is 335 g/mol. The van der Waals surface area contributed by atoms with Crippen molar-refractivity contribution in [3.8, 4) is 10.6 Å². The second kappa shape index (κ2) is 6.44. The fourth-order valence-electron chi connectivity index (χ4n) is 1.55. The summed E-state index contributed by atoms with van der Waals surface area (Å²) >= 11 is 7.09. The Morgan fingerprint density at radius 2 is 1.95 bits per heavy atom. The van der Waals surface area contributed by atoms with E-state index >= 15 is 0 Å². The number of hydrogen-bond donors (Lipinski definition) is 1. The van der Waals surface area contributed by atoms with Crippen LogP contribution in [0.3, 0.4) is 0 Å². The predicted octanol–water partition coefficient (Wildman–Crippen LogP) is 4.03. The monoisotopic (exact) mass is 334 g/mol. The summed E-state index contributed by atoms with van der Waals surface area (Å²) in [5.74, 6) is -1.05. The first kappa shape index (κ1) is 15.8. The molecule has 0 saturated carbocycles. The lowest BCUT2D eigenvalue weighted by molar-refractivity contribution is -0.153. The van der Waals surface area contributed by atoms with Crippen LogP contribution in [-0.2, 0) is 11.3 Å². The number of benzene rings is 1. The molecule has 1 aromatic carbocycles. The number of nitrogens with one attached hydrogen (secondary N) is 1. The Labute approximate surface area is 127 Å². The highest BCUT2D eigenvalue weighted by molar-refractivity contribution is 7.15. The lowest BCUT2D eigenvalue weighted by Gasteiger charge is -2.06. The van der Waals surface area contributed by atoms with E-state index in [0.717, 1.165) is 5.56 Å². The number of thiazole rings is 1. The number of amides is 1. The summed E-state index contributed by atoms with van der Waals surface area (Å²) in [7, 11) is 0. The molecule has 1 aromatic heterocycles. The molecule has 1 heterocycles. The number of hydrogen-bond acceptors (Lipinski definition) is 3. The summed E-state index contributed by atoms with van der Waals surface area (Å²) in [6.45, 7) is 0.0279. The number of carbonyl (C=O) groups excluding carboxylic acids is 1. The summed E-state index contributed by atoms with van der Waals surface area (Å²) in [6.07, 6.45) is -4.44. The van der Waals surface area contributed by atoms with Gasteiger partial charge in [-0.05, 0) is 12.1 Å². The van der Waals surface area contributed by atoms with Crippen molar-refractivity contribution >= 4 is 28.8 Å². The summed E-state index contributed by atoms with van der Waals surface area (Å²) in [5, 5.41) is 3.54. The van der Waals surface area contributed by atoms with Crippen molar-refractivity contribution in [2.24, 2.45) is 0 Å². The Kier molecular flexibility index (Phi) is 4.84. The van der Waals surface area contributed by atoms with Crippen LogP contribution < -0.4 is 5.32 Å². The molecular formula is C13H10ClF3N2OS. The van der Waals surface area contributed by atoms with Gasteiger partial charge in [0.05, 0.1) is 6.54 Å². The third kappa shape index (κ3) is 5.02. The molecule has 0 radical (unpaired) electrons. The van der Waals surface area contributed by atoms with Gasteiger partial charge >= 0.3 is 6.18 Å². The molecule has 8 heteroatoms. The van der Waals surface area contributed by atoms with E-state index in [1.807, 2.05) is 0 Å². The average Bonchev–Trinajstić information content (AvgIpc) is 2.84. The Hall–Kier alpha value is -1.60. The molecule has 0 aliphatic heterocycles. The Morgan fingerprint density at radius 3 is 2.57 bits per heavy atom. The molecule has 0 aliphatic carbocycles. The normalized spacial score (nSPS) is 11.4. The second-order valence-corrected chi connectivity index (χ2v) is 5.76. The standard InChI is InChI=1S/C13H10ClF3N2OS/c14-9-3-1-8(2-4-9)12-19-7-10(21-12)6-18-11(20)5-13(15,16)17/h1-4,7H,5-6H2,(H,18,20). The van der Waals surface area contributed by atoms with Crippen molar-refractivity contribution in [1.29, 1.82) is 0 Å². The van der Waals surface area contributed by atoms with E-state index in [2.05, 4.69) is 10.3 Å². The van der Waals surface area contributed by atoms with Crippen LogP contribution in [0.15, 0.2) is 30.5 Å². The smallest absolute Gasteiger partial charge is 0.351 e. The van der Waals surface area contributed by atoms with Gasteiger partial charge in [-0.25, -0.2) is 4.98 Å². The third-order valence-electron chi connectivity index (χ3n) is 2.47. The van der Waals surface area contributed by atoms with Crippen LogP contribution in [0.25, 0.3) is 10.6 Å². The molecule has 0 unspecified atom stereocenters. The summed E-state index contributed by atoms with van der Waals surface area (Å²) in [4.78, 5) is 15.9. The maximum Gasteiger partial charge on any atom is 0.397 e. The number of alkyl halides is 3.